The van der Waals surface area contributed by atoms with Crippen molar-refractivity contribution in [2.24, 2.45) is 5.92 Å². The standard InChI is InChI=1S/C12H14ClN3O/c1-8(2)7-17-12-14-11(15-16-12)9-4-3-5-10(13)6-9/h3-6,8H,7H2,1-2H3,(H,14,15,16). The van der Waals surface area contributed by atoms with Crippen LogP contribution in [0.5, 0.6) is 6.01 Å². The Morgan fingerprint density at radius 1 is 1.41 bits per heavy atom. The van der Waals surface area contributed by atoms with E-state index in [1.807, 2.05) is 24.3 Å². The second-order valence-electron chi connectivity index (χ2n) is 4.18. The number of aromatic amines is 1. The molecule has 0 bridgehead atoms. The lowest BCUT2D eigenvalue weighted by atomic mass is 10.2. The second-order valence-corrected chi connectivity index (χ2v) is 4.62. The molecule has 2 rings (SSSR count). The zero-order valence-electron chi connectivity index (χ0n) is 9.77. The zero-order valence-corrected chi connectivity index (χ0v) is 10.5. The van der Waals surface area contributed by atoms with Crippen LogP contribution in [0.1, 0.15) is 13.8 Å². The van der Waals surface area contributed by atoms with E-state index in [0.29, 0.717) is 29.4 Å². The van der Waals surface area contributed by atoms with Crippen LogP contribution in [0.4, 0.5) is 0 Å². The Labute approximate surface area is 105 Å². The van der Waals surface area contributed by atoms with E-state index in [9.17, 15) is 0 Å². The predicted octanol–water partition coefficient (Wildman–Crippen LogP) is 3.16. The molecule has 1 aromatic heterocycles. The van der Waals surface area contributed by atoms with Crippen LogP contribution < -0.4 is 4.74 Å². The maximum atomic E-state index is 5.91. The highest BCUT2D eigenvalue weighted by Gasteiger charge is 2.07. The third-order valence-corrected chi connectivity index (χ3v) is 2.34. The molecule has 1 heterocycles. The fraction of sp³-hybridized carbons (Fsp3) is 0.333. The Kier molecular flexibility index (Phi) is 3.64. The summed E-state index contributed by atoms with van der Waals surface area (Å²) in [6.45, 7) is 4.75. The van der Waals surface area contributed by atoms with Gasteiger partial charge in [-0.2, -0.15) is 4.98 Å². The first-order chi connectivity index (χ1) is 8.15. The maximum absolute atomic E-state index is 5.91. The fourth-order valence-corrected chi connectivity index (χ4v) is 1.51. The average Bonchev–Trinajstić information content (AvgIpc) is 2.75. The molecule has 90 valence electrons. The summed E-state index contributed by atoms with van der Waals surface area (Å²) in [6.07, 6.45) is 0. The average molecular weight is 252 g/mol. The van der Waals surface area contributed by atoms with Gasteiger partial charge < -0.3 is 4.74 Å². The first-order valence-electron chi connectivity index (χ1n) is 5.46. The monoisotopic (exact) mass is 251 g/mol. The van der Waals surface area contributed by atoms with E-state index in [1.165, 1.54) is 0 Å². The van der Waals surface area contributed by atoms with Crippen LogP contribution in [0.3, 0.4) is 0 Å². The Bertz CT molecular complexity index is 496. The van der Waals surface area contributed by atoms with E-state index in [1.54, 1.807) is 0 Å². The first-order valence-corrected chi connectivity index (χ1v) is 5.84. The topological polar surface area (TPSA) is 50.8 Å². The molecule has 0 saturated carbocycles. The molecule has 0 spiro atoms. The summed E-state index contributed by atoms with van der Waals surface area (Å²) < 4.78 is 5.41. The van der Waals surface area contributed by atoms with Gasteiger partial charge in [0.2, 0.25) is 0 Å². The van der Waals surface area contributed by atoms with Crippen LogP contribution in [0.25, 0.3) is 11.4 Å². The molecule has 1 aromatic carbocycles. The van der Waals surface area contributed by atoms with Crippen molar-refractivity contribution in [3.8, 4) is 17.4 Å². The number of halogens is 1. The first kappa shape index (κ1) is 11.9. The largest absolute Gasteiger partial charge is 0.462 e. The third-order valence-electron chi connectivity index (χ3n) is 2.11. The molecule has 2 aromatic rings. The second kappa shape index (κ2) is 5.19. The van der Waals surface area contributed by atoms with Crippen LogP contribution in [0.15, 0.2) is 24.3 Å². The lowest BCUT2D eigenvalue weighted by Gasteiger charge is -2.02. The van der Waals surface area contributed by atoms with Crippen molar-refractivity contribution in [3.05, 3.63) is 29.3 Å². The number of nitrogens with one attached hydrogen (secondary N) is 1. The van der Waals surface area contributed by atoms with Crippen LogP contribution in [-0.2, 0) is 0 Å². The van der Waals surface area contributed by atoms with E-state index in [2.05, 4.69) is 29.0 Å². The Morgan fingerprint density at radius 3 is 2.94 bits per heavy atom. The highest BCUT2D eigenvalue weighted by Crippen LogP contribution is 2.20. The van der Waals surface area contributed by atoms with Crippen LogP contribution in [-0.4, -0.2) is 21.8 Å². The summed E-state index contributed by atoms with van der Waals surface area (Å²) in [7, 11) is 0. The van der Waals surface area contributed by atoms with E-state index < -0.39 is 0 Å². The summed E-state index contributed by atoms with van der Waals surface area (Å²) in [5, 5.41) is 7.49. The van der Waals surface area contributed by atoms with Crippen molar-refractivity contribution in [1.82, 2.24) is 15.2 Å². The van der Waals surface area contributed by atoms with Gasteiger partial charge in [-0.25, -0.2) is 0 Å². The minimum absolute atomic E-state index is 0.369. The van der Waals surface area contributed by atoms with Gasteiger partial charge in [0.25, 0.3) is 0 Å². The molecule has 0 atom stereocenters. The van der Waals surface area contributed by atoms with E-state index >= 15 is 0 Å². The molecule has 0 saturated heterocycles. The minimum Gasteiger partial charge on any atom is -0.462 e. The van der Waals surface area contributed by atoms with E-state index in [-0.39, 0.29) is 0 Å². The summed E-state index contributed by atoms with van der Waals surface area (Å²) >= 11 is 5.91. The third kappa shape index (κ3) is 3.20. The molecular weight excluding hydrogens is 238 g/mol. The molecule has 1 N–H and O–H groups in total. The van der Waals surface area contributed by atoms with Crippen LogP contribution in [0, 0.1) is 5.92 Å². The van der Waals surface area contributed by atoms with Crippen LogP contribution >= 0.6 is 11.6 Å². The van der Waals surface area contributed by atoms with Crippen molar-refractivity contribution in [2.45, 2.75) is 13.8 Å². The Balaban J connectivity index is 2.12. The number of ether oxygens (including phenoxy) is 1. The molecule has 0 amide bonds. The van der Waals surface area contributed by atoms with Gasteiger partial charge in [0.05, 0.1) is 6.61 Å². The summed E-state index contributed by atoms with van der Waals surface area (Å²) in [5.74, 6) is 1.11. The maximum Gasteiger partial charge on any atom is 0.335 e. The normalized spacial score (nSPS) is 10.8. The van der Waals surface area contributed by atoms with Crippen molar-refractivity contribution in [3.63, 3.8) is 0 Å². The quantitative estimate of drug-likeness (QED) is 0.908. The van der Waals surface area contributed by atoms with E-state index in [4.69, 9.17) is 16.3 Å². The molecule has 5 heteroatoms. The van der Waals surface area contributed by atoms with Gasteiger partial charge in [-0.05, 0) is 18.1 Å². The predicted molar refractivity (Wildman–Crippen MR) is 67.2 cm³/mol. The number of hydrogen-bond donors (Lipinski definition) is 1. The number of H-pyrrole nitrogens is 1. The molecule has 0 radical (unpaired) electrons. The number of aromatic nitrogens is 3. The molecule has 4 nitrogen and oxygen atoms in total. The molecule has 0 aliphatic carbocycles. The molecule has 0 aliphatic heterocycles. The Morgan fingerprint density at radius 2 is 2.24 bits per heavy atom. The van der Waals surface area contributed by atoms with Crippen LogP contribution in [0.2, 0.25) is 5.02 Å². The molecular formula is C12H14ClN3O. The van der Waals surface area contributed by atoms with Gasteiger partial charge >= 0.3 is 6.01 Å². The number of benzene rings is 1. The summed E-state index contributed by atoms with van der Waals surface area (Å²) in [5.41, 5.74) is 0.893. The van der Waals surface area contributed by atoms with Gasteiger partial charge in [-0.3, -0.25) is 5.10 Å². The van der Waals surface area contributed by atoms with Gasteiger partial charge in [0, 0.05) is 10.6 Å². The molecule has 0 fully saturated rings. The number of hydrogen-bond acceptors (Lipinski definition) is 3. The summed E-state index contributed by atoms with van der Waals surface area (Å²) in [4.78, 5) is 4.25. The zero-order chi connectivity index (χ0) is 12.3. The molecule has 17 heavy (non-hydrogen) atoms. The SMILES string of the molecule is CC(C)COc1n[nH]c(-c2cccc(Cl)c2)n1. The fourth-order valence-electron chi connectivity index (χ4n) is 1.32. The van der Waals surface area contributed by atoms with Gasteiger partial charge in [-0.15, -0.1) is 5.10 Å². The van der Waals surface area contributed by atoms with Crippen molar-refractivity contribution < 1.29 is 4.74 Å². The Hall–Kier alpha value is -1.55. The smallest absolute Gasteiger partial charge is 0.335 e. The van der Waals surface area contributed by atoms with Crippen molar-refractivity contribution in [1.29, 1.82) is 0 Å². The van der Waals surface area contributed by atoms with Gasteiger partial charge in [-0.1, -0.05) is 37.6 Å². The number of nitrogens with zero attached hydrogens (tertiary/aromatic N) is 2. The van der Waals surface area contributed by atoms with Gasteiger partial charge in [0.15, 0.2) is 5.82 Å². The minimum atomic E-state index is 0.369. The van der Waals surface area contributed by atoms with E-state index in [0.717, 1.165) is 5.56 Å². The van der Waals surface area contributed by atoms with Gasteiger partial charge in [0.1, 0.15) is 0 Å². The summed E-state index contributed by atoms with van der Waals surface area (Å²) in [6, 6.07) is 7.80. The van der Waals surface area contributed by atoms with Crippen molar-refractivity contribution in [2.75, 3.05) is 6.61 Å². The van der Waals surface area contributed by atoms with Crippen molar-refractivity contribution >= 4 is 11.6 Å². The highest BCUT2D eigenvalue weighted by atomic mass is 35.5. The lowest BCUT2D eigenvalue weighted by Crippen LogP contribution is -2.05. The number of rotatable bonds is 4. The molecule has 0 unspecified atom stereocenters. The lowest BCUT2D eigenvalue weighted by molar-refractivity contribution is 0.252. The highest BCUT2D eigenvalue weighted by molar-refractivity contribution is 6.30. The molecule has 0 aliphatic rings.